The Morgan fingerprint density at radius 2 is 0.738 bits per heavy atom. The monoisotopic (exact) mass is 1150 g/mol. The lowest BCUT2D eigenvalue weighted by atomic mass is 10.1. The highest BCUT2D eigenvalue weighted by atomic mass is 35.5. The molecule has 0 saturated carbocycles. The number of pyridine rings is 3. The van der Waals surface area contributed by atoms with Gasteiger partial charge in [0.1, 0.15) is 40.5 Å². The fraction of sp³-hybridized carbons (Fsp3) is 0.273. The summed E-state index contributed by atoms with van der Waals surface area (Å²) in [6.45, 7) is 13.1. The number of anilines is 3. The summed E-state index contributed by atoms with van der Waals surface area (Å²) in [4.78, 5) is 57.0. The van der Waals surface area contributed by atoms with Gasteiger partial charge in [0.2, 0.25) is 0 Å². The Labute approximate surface area is 497 Å². The molecule has 3 aliphatic heterocycles. The molecule has 0 bridgehead atoms. The first-order valence-corrected chi connectivity index (χ1v) is 29.1. The largest absolute Gasteiger partial charge is 0.457 e. The van der Waals surface area contributed by atoms with Crippen LogP contribution in [0.25, 0.3) is 0 Å². The standard InChI is InChI=1S/2C24H26N4O2.C18H21ClN4O/c29-24(20-9-10-23(27-18-20)28-15-13-25-14-16-28)26-12-11-19-5-4-8-22(17-19)30-21-6-2-1-3-7-21;29-24(20-8-11-23(27-18-20)28-16-14-25-15-17-28)26-13-12-19-6-9-22(10-7-19)30-21-4-2-1-3-5-21;19-16-4-1-14(2-5-16)7-8-21-18(24)15-3-6-17(22-13-15)23-11-9-20-10-12-23/h1-10,17-18,25H,11-16H2,(H,26,29);1-11,18,25H,12-17H2,(H,26,29);1-6,13,20H,7-12H2,(H,21,24). The van der Waals surface area contributed by atoms with Crippen molar-refractivity contribution in [2.75, 3.05) is 113 Å². The second-order valence-corrected chi connectivity index (χ2v) is 20.6. The van der Waals surface area contributed by atoms with E-state index in [4.69, 9.17) is 21.1 Å². The third-order valence-electron chi connectivity index (χ3n) is 14.1. The number of carbonyl (C=O) groups is 3. The zero-order valence-electron chi connectivity index (χ0n) is 47.2. The zero-order valence-corrected chi connectivity index (χ0v) is 48.0. The van der Waals surface area contributed by atoms with Gasteiger partial charge in [0.25, 0.3) is 17.7 Å². The number of piperazine rings is 3. The summed E-state index contributed by atoms with van der Waals surface area (Å²) in [5, 5.41) is 19.5. The number of ether oxygens (including phenoxy) is 2. The normalized spacial score (nSPS) is 13.9. The number of hydrogen-bond acceptors (Lipinski definition) is 14. The lowest BCUT2D eigenvalue weighted by Gasteiger charge is -2.28. The van der Waals surface area contributed by atoms with Crippen LogP contribution in [-0.2, 0) is 19.3 Å². The first-order valence-electron chi connectivity index (χ1n) is 28.8. The number of nitrogens with one attached hydrogen (secondary N) is 6. The van der Waals surface area contributed by atoms with Gasteiger partial charge in [0, 0.05) is 122 Å². The van der Waals surface area contributed by atoms with E-state index in [-0.39, 0.29) is 17.7 Å². The van der Waals surface area contributed by atoms with E-state index in [1.165, 1.54) is 0 Å². The lowest BCUT2D eigenvalue weighted by molar-refractivity contribution is 0.0945. The van der Waals surface area contributed by atoms with Crippen molar-refractivity contribution in [3.63, 3.8) is 0 Å². The smallest absolute Gasteiger partial charge is 0.252 e. The van der Waals surface area contributed by atoms with Crippen LogP contribution in [0.4, 0.5) is 17.5 Å². The van der Waals surface area contributed by atoms with Crippen LogP contribution < -0.4 is 56.1 Å². The van der Waals surface area contributed by atoms with Crippen LogP contribution >= 0.6 is 11.6 Å². The molecule has 5 aromatic carbocycles. The Hall–Kier alpha value is -8.87. The van der Waals surface area contributed by atoms with E-state index in [2.05, 4.69) is 61.6 Å². The van der Waals surface area contributed by atoms with Gasteiger partial charge in [-0.2, -0.15) is 0 Å². The maximum atomic E-state index is 12.4. The Morgan fingerprint density at radius 3 is 1.12 bits per heavy atom. The molecule has 0 unspecified atom stereocenters. The van der Waals surface area contributed by atoms with E-state index in [9.17, 15) is 14.4 Å². The van der Waals surface area contributed by atoms with Gasteiger partial charge in [-0.3, -0.25) is 14.4 Å². The van der Waals surface area contributed by atoms with Crippen LogP contribution in [0, 0.1) is 0 Å². The van der Waals surface area contributed by atoms with Gasteiger partial charge in [-0.1, -0.05) is 84.4 Å². The van der Waals surface area contributed by atoms with Gasteiger partial charge in [-0.15, -0.1) is 0 Å². The van der Waals surface area contributed by atoms with Crippen molar-refractivity contribution < 1.29 is 23.9 Å². The maximum Gasteiger partial charge on any atom is 0.252 e. The van der Waals surface area contributed by atoms with Gasteiger partial charge in [-0.05, 0) is 133 Å². The number of halogens is 1. The zero-order chi connectivity index (χ0) is 58.0. The molecule has 8 aromatic rings. The Balaban J connectivity index is 0.000000152. The number of para-hydroxylation sites is 2. The van der Waals surface area contributed by atoms with Crippen molar-refractivity contribution in [3.8, 4) is 23.0 Å². The summed E-state index contributed by atoms with van der Waals surface area (Å²) >= 11 is 5.86. The number of aromatic nitrogens is 3. The van der Waals surface area contributed by atoms with Gasteiger partial charge >= 0.3 is 0 Å². The molecule has 84 heavy (non-hydrogen) atoms. The molecule has 0 aliphatic carbocycles. The third-order valence-corrected chi connectivity index (χ3v) is 14.4. The maximum absolute atomic E-state index is 12.4. The predicted molar refractivity (Wildman–Crippen MR) is 333 cm³/mol. The van der Waals surface area contributed by atoms with Crippen molar-refractivity contribution in [2.45, 2.75) is 19.3 Å². The predicted octanol–water partition coefficient (Wildman–Crippen LogP) is 8.63. The van der Waals surface area contributed by atoms with E-state index in [1.54, 1.807) is 18.6 Å². The van der Waals surface area contributed by atoms with Crippen molar-refractivity contribution >= 4 is 46.8 Å². The fourth-order valence-electron chi connectivity index (χ4n) is 9.46. The highest BCUT2D eigenvalue weighted by Gasteiger charge is 2.16. The molecule has 17 nitrogen and oxygen atoms in total. The first-order chi connectivity index (χ1) is 41.3. The molecule has 3 fully saturated rings. The van der Waals surface area contributed by atoms with Crippen LogP contribution in [0.5, 0.6) is 23.0 Å². The van der Waals surface area contributed by atoms with Gasteiger partial charge in [-0.25, -0.2) is 15.0 Å². The van der Waals surface area contributed by atoms with Crippen molar-refractivity contribution in [1.29, 1.82) is 0 Å². The quantitative estimate of drug-likeness (QED) is 0.0451. The molecule has 6 N–H and O–H groups in total. The van der Waals surface area contributed by atoms with Gasteiger partial charge in [0.15, 0.2) is 0 Å². The van der Waals surface area contributed by atoms with E-state index in [0.717, 1.165) is 160 Å². The van der Waals surface area contributed by atoms with Gasteiger partial charge < -0.3 is 56.1 Å². The summed E-state index contributed by atoms with van der Waals surface area (Å²) in [5.41, 5.74) is 5.14. The van der Waals surface area contributed by atoms with E-state index in [1.807, 2.05) is 170 Å². The number of rotatable bonds is 19. The summed E-state index contributed by atoms with van der Waals surface area (Å²) in [6, 6.07) is 54.2. The molecule has 0 spiro atoms. The van der Waals surface area contributed by atoms with Crippen molar-refractivity contribution in [2.24, 2.45) is 0 Å². The van der Waals surface area contributed by atoms with E-state index < -0.39 is 0 Å². The second kappa shape index (κ2) is 32.1. The molecule has 0 atom stereocenters. The number of amides is 3. The number of benzene rings is 5. The van der Waals surface area contributed by atoms with Crippen LogP contribution in [0.1, 0.15) is 47.8 Å². The molecule has 3 saturated heterocycles. The molecule has 0 radical (unpaired) electrons. The highest BCUT2D eigenvalue weighted by Crippen LogP contribution is 2.24. The Bertz CT molecular complexity index is 3260. The molecule has 11 rings (SSSR count). The second-order valence-electron chi connectivity index (χ2n) is 20.2. The highest BCUT2D eigenvalue weighted by molar-refractivity contribution is 6.30. The lowest BCUT2D eigenvalue weighted by Crippen LogP contribution is -2.43. The van der Waals surface area contributed by atoms with Crippen LogP contribution in [0.2, 0.25) is 5.02 Å². The number of hydrogen-bond donors (Lipinski definition) is 6. The van der Waals surface area contributed by atoms with Crippen LogP contribution in [0.3, 0.4) is 0 Å². The Morgan fingerprint density at radius 1 is 0.393 bits per heavy atom. The molecule has 3 aromatic heterocycles. The molecule has 6 heterocycles. The topological polar surface area (TPSA) is 190 Å². The van der Waals surface area contributed by atoms with Crippen LogP contribution in [-0.4, -0.2) is 131 Å². The molecule has 18 heteroatoms. The van der Waals surface area contributed by atoms with Crippen LogP contribution in [0.15, 0.2) is 188 Å². The van der Waals surface area contributed by atoms with Crippen molar-refractivity contribution in [1.82, 2.24) is 46.9 Å². The minimum atomic E-state index is -0.106. The SMILES string of the molecule is O=C(NCCc1ccc(Cl)cc1)c1ccc(N2CCNCC2)nc1.O=C(NCCc1ccc(Oc2ccccc2)cc1)c1ccc(N2CCNCC2)nc1.O=C(NCCc1cccc(Oc2ccccc2)c1)c1ccc(N2CCNCC2)nc1. The van der Waals surface area contributed by atoms with Gasteiger partial charge in [0.05, 0.1) is 16.7 Å². The van der Waals surface area contributed by atoms with E-state index in [0.29, 0.717) is 36.3 Å². The van der Waals surface area contributed by atoms with Crippen molar-refractivity contribution in [3.05, 3.63) is 227 Å². The summed E-state index contributed by atoms with van der Waals surface area (Å²) in [7, 11) is 0. The number of nitrogens with zero attached hydrogens (tertiary/aromatic N) is 6. The summed E-state index contributed by atoms with van der Waals surface area (Å²) < 4.78 is 11.7. The molecule has 434 valence electrons. The molecular formula is C66H73ClN12O5. The molecular weight excluding hydrogens is 1080 g/mol. The molecule has 3 aliphatic rings. The molecule has 3 amide bonds. The van der Waals surface area contributed by atoms with E-state index >= 15 is 0 Å². The average molecular weight is 1150 g/mol. The average Bonchev–Trinajstić information content (AvgIpc) is 3.64. The Kier molecular flexibility index (Phi) is 22.8. The minimum Gasteiger partial charge on any atom is -0.457 e. The fourth-order valence-corrected chi connectivity index (χ4v) is 9.59. The third kappa shape index (κ3) is 19.1. The first kappa shape index (κ1) is 59.7. The minimum absolute atomic E-state index is 0.0941. The number of carbonyl (C=O) groups excluding carboxylic acids is 3. The summed E-state index contributed by atoms with van der Waals surface area (Å²) in [5.74, 6) is 5.67. The summed E-state index contributed by atoms with van der Waals surface area (Å²) in [6.07, 6.45) is 7.21.